The molecule has 0 spiro atoms. The molecule has 0 aliphatic heterocycles. The second kappa shape index (κ2) is 7.09. The fraction of sp³-hybridized carbons (Fsp3) is 0.600. The van der Waals surface area contributed by atoms with Gasteiger partial charge in [-0.1, -0.05) is 37.4 Å². The van der Waals surface area contributed by atoms with Crippen molar-refractivity contribution < 1.29 is 8.42 Å². The first-order valence-corrected chi connectivity index (χ1v) is 9.26. The summed E-state index contributed by atoms with van der Waals surface area (Å²) >= 11 is 6.03. The van der Waals surface area contributed by atoms with Gasteiger partial charge in [-0.25, -0.2) is 13.1 Å². The molecule has 6 heteroatoms. The molecule has 1 aromatic carbocycles. The van der Waals surface area contributed by atoms with Crippen LogP contribution in [0.4, 0.5) is 0 Å². The average molecular weight is 331 g/mol. The Hall–Kier alpha value is -0.620. The Morgan fingerprint density at radius 1 is 1.29 bits per heavy atom. The van der Waals surface area contributed by atoms with E-state index in [-0.39, 0.29) is 4.90 Å². The van der Waals surface area contributed by atoms with E-state index in [4.69, 9.17) is 17.3 Å². The fourth-order valence-electron chi connectivity index (χ4n) is 2.70. The summed E-state index contributed by atoms with van der Waals surface area (Å²) in [6, 6.07) is 4.69. The molecule has 0 aromatic heterocycles. The molecule has 0 bridgehead atoms. The molecule has 21 heavy (non-hydrogen) atoms. The zero-order valence-electron chi connectivity index (χ0n) is 12.3. The van der Waals surface area contributed by atoms with Crippen LogP contribution in [-0.4, -0.2) is 15.0 Å². The van der Waals surface area contributed by atoms with Crippen LogP contribution in [-0.2, 0) is 16.6 Å². The molecule has 4 nitrogen and oxygen atoms in total. The minimum Gasteiger partial charge on any atom is -0.326 e. The van der Waals surface area contributed by atoms with Gasteiger partial charge in [-0.15, -0.1) is 0 Å². The first-order valence-electron chi connectivity index (χ1n) is 7.40. The van der Waals surface area contributed by atoms with Gasteiger partial charge in [-0.3, -0.25) is 0 Å². The second-order valence-corrected chi connectivity index (χ2v) is 8.11. The number of nitrogens with two attached hydrogens (primary N) is 1. The largest absolute Gasteiger partial charge is 0.326 e. The highest BCUT2D eigenvalue weighted by Gasteiger charge is 2.21. The molecule has 0 saturated heterocycles. The highest BCUT2D eigenvalue weighted by Crippen LogP contribution is 2.28. The number of sulfonamides is 1. The van der Waals surface area contributed by atoms with Gasteiger partial charge >= 0.3 is 0 Å². The summed E-state index contributed by atoms with van der Waals surface area (Å²) in [5, 5.41) is 0.395. The Labute approximate surface area is 132 Å². The molecular formula is C15H23ClN2O2S. The lowest BCUT2D eigenvalue weighted by Crippen LogP contribution is -2.31. The zero-order valence-corrected chi connectivity index (χ0v) is 13.9. The van der Waals surface area contributed by atoms with Crippen LogP contribution < -0.4 is 10.5 Å². The van der Waals surface area contributed by atoms with Gasteiger partial charge in [0, 0.05) is 18.1 Å². The van der Waals surface area contributed by atoms with E-state index in [0.717, 1.165) is 24.3 Å². The summed E-state index contributed by atoms with van der Waals surface area (Å²) in [7, 11) is -3.50. The van der Waals surface area contributed by atoms with E-state index < -0.39 is 10.0 Å². The SMILES string of the molecule is CC1CCC(CNS(=O)(=O)c2ccc(CN)c(Cl)c2)CC1. The van der Waals surface area contributed by atoms with Crippen LogP contribution in [0.25, 0.3) is 0 Å². The maximum atomic E-state index is 12.3. The fourth-order valence-corrected chi connectivity index (χ4v) is 4.17. The van der Waals surface area contributed by atoms with Crippen molar-refractivity contribution in [3.63, 3.8) is 0 Å². The first-order chi connectivity index (χ1) is 9.92. The number of halogens is 1. The van der Waals surface area contributed by atoms with E-state index in [1.54, 1.807) is 12.1 Å². The molecule has 0 amide bonds. The van der Waals surface area contributed by atoms with Crippen molar-refractivity contribution in [3.8, 4) is 0 Å². The zero-order chi connectivity index (χ0) is 15.5. The van der Waals surface area contributed by atoms with Crippen LogP contribution >= 0.6 is 11.6 Å². The molecule has 2 rings (SSSR count). The second-order valence-electron chi connectivity index (χ2n) is 5.94. The van der Waals surface area contributed by atoms with Crippen LogP contribution in [0, 0.1) is 11.8 Å². The highest BCUT2D eigenvalue weighted by atomic mass is 35.5. The molecule has 1 saturated carbocycles. The van der Waals surface area contributed by atoms with Gasteiger partial charge < -0.3 is 5.73 Å². The summed E-state index contributed by atoms with van der Waals surface area (Å²) in [6.07, 6.45) is 4.56. The van der Waals surface area contributed by atoms with E-state index in [9.17, 15) is 8.42 Å². The van der Waals surface area contributed by atoms with Gasteiger partial charge in [-0.2, -0.15) is 0 Å². The Morgan fingerprint density at radius 2 is 1.95 bits per heavy atom. The van der Waals surface area contributed by atoms with Gasteiger partial charge in [0.05, 0.1) is 4.90 Å². The predicted octanol–water partition coefficient (Wildman–Crippen LogP) is 2.90. The van der Waals surface area contributed by atoms with Crippen LogP contribution in [0.5, 0.6) is 0 Å². The van der Waals surface area contributed by atoms with Crippen LogP contribution in [0.1, 0.15) is 38.2 Å². The normalized spacial score (nSPS) is 23.2. The number of benzene rings is 1. The van der Waals surface area contributed by atoms with E-state index in [1.807, 2.05) is 0 Å². The van der Waals surface area contributed by atoms with Crippen LogP contribution in [0.3, 0.4) is 0 Å². The van der Waals surface area contributed by atoms with Gasteiger partial charge in [0.25, 0.3) is 0 Å². The third-order valence-corrected chi connectivity index (χ3v) is 6.03. The van der Waals surface area contributed by atoms with Crippen molar-refractivity contribution in [2.24, 2.45) is 17.6 Å². The molecular weight excluding hydrogens is 308 g/mol. The lowest BCUT2D eigenvalue weighted by molar-refractivity contribution is 0.290. The quantitative estimate of drug-likeness (QED) is 0.872. The lowest BCUT2D eigenvalue weighted by Gasteiger charge is -2.26. The maximum Gasteiger partial charge on any atom is 0.240 e. The molecule has 3 N–H and O–H groups in total. The van der Waals surface area contributed by atoms with Gasteiger partial charge in [-0.05, 0) is 42.4 Å². The predicted molar refractivity (Wildman–Crippen MR) is 85.7 cm³/mol. The molecule has 1 aromatic rings. The summed E-state index contributed by atoms with van der Waals surface area (Å²) in [4.78, 5) is 0.203. The molecule has 0 unspecified atom stereocenters. The molecule has 1 fully saturated rings. The first kappa shape index (κ1) is 16.7. The number of rotatable bonds is 5. The minimum atomic E-state index is -3.50. The third kappa shape index (κ3) is 4.42. The minimum absolute atomic E-state index is 0.203. The third-order valence-electron chi connectivity index (χ3n) is 4.25. The Kier molecular flexibility index (Phi) is 5.66. The standard InChI is InChI=1S/C15H23ClN2O2S/c1-11-2-4-12(5-3-11)10-18-21(19,20)14-7-6-13(9-17)15(16)8-14/h6-8,11-12,18H,2-5,9-10,17H2,1H3. The molecule has 1 aliphatic carbocycles. The monoisotopic (exact) mass is 330 g/mol. The van der Waals surface area contributed by atoms with Crippen molar-refractivity contribution in [2.45, 2.75) is 44.0 Å². The Balaban J connectivity index is 2.00. The molecule has 0 heterocycles. The maximum absolute atomic E-state index is 12.3. The van der Waals surface area contributed by atoms with Crippen molar-refractivity contribution in [2.75, 3.05) is 6.54 Å². The van der Waals surface area contributed by atoms with Crippen molar-refractivity contribution in [3.05, 3.63) is 28.8 Å². The Morgan fingerprint density at radius 3 is 2.52 bits per heavy atom. The smallest absolute Gasteiger partial charge is 0.240 e. The number of nitrogens with one attached hydrogen (secondary N) is 1. The summed E-state index contributed by atoms with van der Waals surface area (Å²) in [5.41, 5.74) is 6.27. The summed E-state index contributed by atoms with van der Waals surface area (Å²) < 4.78 is 27.3. The Bertz CT molecular complexity index is 581. The van der Waals surface area contributed by atoms with Gasteiger partial charge in [0.15, 0.2) is 0 Å². The summed E-state index contributed by atoms with van der Waals surface area (Å²) in [6.45, 7) is 3.06. The van der Waals surface area contributed by atoms with Gasteiger partial charge in [0.2, 0.25) is 10.0 Å². The molecule has 0 radical (unpaired) electrons. The van der Waals surface area contributed by atoms with E-state index in [0.29, 0.717) is 24.0 Å². The average Bonchev–Trinajstić information content (AvgIpc) is 2.46. The summed E-state index contributed by atoms with van der Waals surface area (Å²) in [5.74, 6) is 1.20. The molecule has 0 atom stereocenters. The van der Waals surface area contributed by atoms with Crippen LogP contribution in [0.15, 0.2) is 23.1 Å². The van der Waals surface area contributed by atoms with Crippen molar-refractivity contribution >= 4 is 21.6 Å². The highest BCUT2D eigenvalue weighted by molar-refractivity contribution is 7.89. The van der Waals surface area contributed by atoms with E-state index in [2.05, 4.69) is 11.6 Å². The number of hydrogen-bond donors (Lipinski definition) is 2. The lowest BCUT2D eigenvalue weighted by atomic mass is 9.83. The molecule has 1 aliphatic rings. The van der Waals surface area contributed by atoms with E-state index in [1.165, 1.54) is 18.9 Å². The van der Waals surface area contributed by atoms with Crippen molar-refractivity contribution in [1.82, 2.24) is 4.72 Å². The van der Waals surface area contributed by atoms with Crippen LogP contribution in [0.2, 0.25) is 5.02 Å². The van der Waals surface area contributed by atoms with Crippen molar-refractivity contribution in [1.29, 1.82) is 0 Å². The van der Waals surface area contributed by atoms with E-state index >= 15 is 0 Å². The number of hydrogen-bond acceptors (Lipinski definition) is 3. The van der Waals surface area contributed by atoms with Gasteiger partial charge in [0.1, 0.15) is 0 Å². The molecule has 118 valence electrons. The topological polar surface area (TPSA) is 72.2 Å².